The van der Waals surface area contributed by atoms with E-state index < -0.39 is 11.4 Å². The highest BCUT2D eigenvalue weighted by atomic mass is 16.5. The molecule has 0 bridgehead atoms. The molecule has 1 unspecified atom stereocenters. The SMILES string of the molecule is CCOCCN(C)C(=O)N1CCC(C(=O)O)(C(C)C)C1. The number of hydrogen-bond donors (Lipinski definition) is 1. The molecule has 1 saturated heterocycles. The topological polar surface area (TPSA) is 70.1 Å². The molecule has 1 fully saturated rings. The van der Waals surface area contributed by atoms with Crippen LogP contribution in [0.4, 0.5) is 4.79 Å². The Hall–Kier alpha value is -1.30. The van der Waals surface area contributed by atoms with Gasteiger partial charge in [-0.25, -0.2) is 4.79 Å². The minimum atomic E-state index is -0.809. The van der Waals surface area contributed by atoms with Crippen LogP contribution in [0.25, 0.3) is 0 Å². The number of carboxylic acids is 1. The first-order valence-electron chi connectivity index (χ1n) is 7.16. The molecule has 1 aliphatic heterocycles. The summed E-state index contributed by atoms with van der Waals surface area (Å²) in [4.78, 5) is 27.0. The molecule has 20 heavy (non-hydrogen) atoms. The zero-order valence-electron chi connectivity index (χ0n) is 12.9. The number of hydrogen-bond acceptors (Lipinski definition) is 3. The predicted octanol–water partition coefficient (Wildman–Crippen LogP) is 1.51. The van der Waals surface area contributed by atoms with Gasteiger partial charge in [0.1, 0.15) is 0 Å². The summed E-state index contributed by atoms with van der Waals surface area (Å²) < 4.78 is 5.23. The minimum Gasteiger partial charge on any atom is -0.481 e. The van der Waals surface area contributed by atoms with Crippen LogP contribution < -0.4 is 0 Å². The molecule has 0 aliphatic carbocycles. The van der Waals surface area contributed by atoms with Crippen molar-refractivity contribution in [3.05, 3.63) is 0 Å². The summed E-state index contributed by atoms with van der Waals surface area (Å²) >= 11 is 0. The second kappa shape index (κ2) is 6.92. The maximum absolute atomic E-state index is 12.3. The molecule has 1 N–H and O–H groups in total. The van der Waals surface area contributed by atoms with Crippen LogP contribution >= 0.6 is 0 Å². The van der Waals surface area contributed by atoms with E-state index in [-0.39, 0.29) is 18.5 Å². The van der Waals surface area contributed by atoms with Gasteiger partial charge in [-0.1, -0.05) is 13.8 Å². The third-order valence-corrected chi connectivity index (χ3v) is 4.20. The first kappa shape index (κ1) is 16.8. The normalized spacial score (nSPS) is 22.4. The van der Waals surface area contributed by atoms with Crippen molar-refractivity contribution in [1.29, 1.82) is 0 Å². The number of likely N-dealkylation sites (N-methyl/N-ethyl adjacent to an activating group) is 1. The van der Waals surface area contributed by atoms with E-state index >= 15 is 0 Å². The molecule has 1 atom stereocenters. The molecule has 6 nitrogen and oxygen atoms in total. The van der Waals surface area contributed by atoms with Gasteiger partial charge in [-0.15, -0.1) is 0 Å². The van der Waals surface area contributed by atoms with E-state index in [1.807, 2.05) is 20.8 Å². The largest absolute Gasteiger partial charge is 0.481 e. The third kappa shape index (κ3) is 3.42. The van der Waals surface area contributed by atoms with Gasteiger partial charge in [0.25, 0.3) is 0 Å². The minimum absolute atomic E-state index is 0.00605. The van der Waals surface area contributed by atoms with Gasteiger partial charge in [0, 0.05) is 33.3 Å². The van der Waals surface area contributed by atoms with E-state index in [2.05, 4.69) is 0 Å². The average molecular weight is 286 g/mol. The number of ether oxygens (including phenoxy) is 1. The van der Waals surface area contributed by atoms with E-state index in [0.717, 1.165) is 0 Å². The number of nitrogens with zero attached hydrogens (tertiary/aromatic N) is 2. The first-order chi connectivity index (χ1) is 9.35. The lowest BCUT2D eigenvalue weighted by Gasteiger charge is -2.30. The van der Waals surface area contributed by atoms with Gasteiger partial charge in [0.15, 0.2) is 0 Å². The summed E-state index contributed by atoms with van der Waals surface area (Å²) in [6, 6.07) is -0.117. The molecule has 1 aliphatic rings. The fourth-order valence-corrected chi connectivity index (χ4v) is 2.57. The van der Waals surface area contributed by atoms with Gasteiger partial charge >= 0.3 is 12.0 Å². The lowest BCUT2D eigenvalue weighted by atomic mass is 9.76. The summed E-state index contributed by atoms with van der Waals surface area (Å²) in [5.41, 5.74) is -0.809. The van der Waals surface area contributed by atoms with Crippen molar-refractivity contribution < 1.29 is 19.4 Å². The summed E-state index contributed by atoms with van der Waals surface area (Å²) in [6.45, 7) is 8.15. The molecule has 0 aromatic heterocycles. The molecular weight excluding hydrogens is 260 g/mol. The summed E-state index contributed by atoms with van der Waals surface area (Å²) in [7, 11) is 1.72. The fourth-order valence-electron chi connectivity index (χ4n) is 2.57. The number of amides is 2. The standard InChI is InChI=1S/C14H26N2O4/c1-5-20-9-8-15(4)13(19)16-7-6-14(10-16,11(2)3)12(17)18/h11H,5-10H2,1-4H3,(H,17,18). The Balaban J connectivity index is 2.62. The quantitative estimate of drug-likeness (QED) is 0.751. The second-order valence-electron chi connectivity index (χ2n) is 5.69. The van der Waals surface area contributed by atoms with E-state index in [4.69, 9.17) is 4.74 Å². The number of carbonyl (C=O) groups is 2. The molecule has 6 heteroatoms. The van der Waals surface area contributed by atoms with Gasteiger partial charge in [-0.05, 0) is 19.3 Å². The lowest BCUT2D eigenvalue weighted by Crippen LogP contribution is -2.45. The van der Waals surface area contributed by atoms with Crippen LogP contribution in [0.5, 0.6) is 0 Å². The zero-order valence-corrected chi connectivity index (χ0v) is 12.9. The molecule has 0 aromatic rings. The Morgan fingerprint density at radius 3 is 2.55 bits per heavy atom. The van der Waals surface area contributed by atoms with E-state index in [0.29, 0.717) is 32.7 Å². The summed E-state index contributed by atoms with van der Waals surface area (Å²) in [5.74, 6) is -0.800. The zero-order chi connectivity index (χ0) is 15.3. The molecule has 1 rings (SSSR count). The van der Waals surface area contributed by atoms with Gasteiger partial charge in [0.05, 0.1) is 12.0 Å². The van der Waals surface area contributed by atoms with Crippen molar-refractivity contribution in [2.75, 3.05) is 39.9 Å². The van der Waals surface area contributed by atoms with E-state index in [9.17, 15) is 14.7 Å². The van der Waals surface area contributed by atoms with Crippen LogP contribution in [-0.4, -0.2) is 66.8 Å². The highest BCUT2D eigenvalue weighted by molar-refractivity contribution is 5.80. The van der Waals surface area contributed by atoms with Crippen LogP contribution in [0, 0.1) is 11.3 Å². The van der Waals surface area contributed by atoms with Crippen LogP contribution in [-0.2, 0) is 9.53 Å². The molecule has 2 amide bonds. The Bertz CT molecular complexity index is 359. The number of aliphatic carboxylic acids is 1. The summed E-state index contributed by atoms with van der Waals surface area (Å²) in [6.07, 6.45) is 0.519. The maximum atomic E-state index is 12.3. The van der Waals surface area contributed by atoms with Crippen molar-refractivity contribution >= 4 is 12.0 Å². The Kier molecular flexibility index (Phi) is 5.80. The number of urea groups is 1. The van der Waals surface area contributed by atoms with Gasteiger partial charge < -0.3 is 19.6 Å². The molecular formula is C14H26N2O4. The van der Waals surface area contributed by atoms with Crippen molar-refractivity contribution in [2.24, 2.45) is 11.3 Å². The third-order valence-electron chi connectivity index (χ3n) is 4.20. The average Bonchev–Trinajstić information content (AvgIpc) is 2.84. The van der Waals surface area contributed by atoms with Crippen LogP contribution in [0.15, 0.2) is 0 Å². The van der Waals surface area contributed by atoms with Crippen LogP contribution in [0.1, 0.15) is 27.2 Å². The summed E-state index contributed by atoms with van der Waals surface area (Å²) in [5, 5.41) is 9.47. The fraction of sp³-hybridized carbons (Fsp3) is 0.857. The molecule has 0 spiro atoms. The van der Waals surface area contributed by atoms with E-state index in [1.54, 1.807) is 16.8 Å². The monoisotopic (exact) mass is 286 g/mol. The molecule has 1 heterocycles. The van der Waals surface area contributed by atoms with Gasteiger partial charge in [0.2, 0.25) is 0 Å². The smallest absolute Gasteiger partial charge is 0.319 e. The lowest BCUT2D eigenvalue weighted by molar-refractivity contribution is -0.150. The highest BCUT2D eigenvalue weighted by Gasteiger charge is 2.48. The van der Waals surface area contributed by atoms with E-state index in [1.165, 1.54) is 0 Å². The number of carbonyl (C=O) groups excluding carboxylic acids is 1. The Labute approximate surface area is 120 Å². The highest BCUT2D eigenvalue weighted by Crippen LogP contribution is 2.38. The van der Waals surface area contributed by atoms with Crippen molar-refractivity contribution in [2.45, 2.75) is 27.2 Å². The second-order valence-corrected chi connectivity index (χ2v) is 5.69. The number of likely N-dealkylation sites (tertiary alicyclic amines) is 1. The van der Waals surface area contributed by atoms with Crippen molar-refractivity contribution in [1.82, 2.24) is 9.80 Å². The number of carboxylic acid groups (broad SMARTS) is 1. The Morgan fingerprint density at radius 2 is 2.10 bits per heavy atom. The van der Waals surface area contributed by atoms with Gasteiger partial charge in [-0.3, -0.25) is 4.79 Å². The molecule has 116 valence electrons. The first-order valence-corrected chi connectivity index (χ1v) is 7.16. The van der Waals surface area contributed by atoms with Crippen LogP contribution in [0.2, 0.25) is 0 Å². The van der Waals surface area contributed by atoms with Crippen molar-refractivity contribution in [3.8, 4) is 0 Å². The van der Waals surface area contributed by atoms with Crippen molar-refractivity contribution in [3.63, 3.8) is 0 Å². The Morgan fingerprint density at radius 1 is 1.45 bits per heavy atom. The van der Waals surface area contributed by atoms with Crippen LogP contribution in [0.3, 0.4) is 0 Å². The predicted molar refractivity (Wildman–Crippen MR) is 75.6 cm³/mol. The molecule has 0 radical (unpaired) electrons. The van der Waals surface area contributed by atoms with Gasteiger partial charge in [-0.2, -0.15) is 0 Å². The number of rotatable bonds is 6. The molecule has 0 saturated carbocycles. The maximum Gasteiger partial charge on any atom is 0.319 e. The molecule has 0 aromatic carbocycles.